The van der Waals surface area contributed by atoms with E-state index in [1.807, 2.05) is 25.7 Å². The summed E-state index contributed by atoms with van der Waals surface area (Å²) in [5.74, 6) is -0.208. The second-order valence-electron chi connectivity index (χ2n) is 5.93. The van der Waals surface area contributed by atoms with Crippen molar-refractivity contribution in [1.29, 1.82) is 5.26 Å². The van der Waals surface area contributed by atoms with Crippen LogP contribution in [0.3, 0.4) is 0 Å². The lowest BCUT2D eigenvalue weighted by molar-refractivity contribution is -0.121. The molecule has 1 aliphatic heterocycles. The zero-order valence-corrected chi connectivity index (χ0v) is 11.8. The lowest BCUT2D eigenvalue weighted by Gasteiger charge is -2.28. The number of imide groups is 1. The van der Waals surface area contributed by atoms with E-state index in [4.69, 9.17) is 5.26 Å². The number of likely N-dealkylation sites (tertiary alicyclic amines) is 1. The molecule has 19 heavy (non-hydrogen) atoms. The number of urea groups is 1. The number of hydrogen-bond acceptors (Lipinski definition) is 4. The molecule has 2 N–H and O–H groups in total. The van der Waals surface area contributed by atoms with Crippen LogP contribution in [-0.2, 0) is 4.79 Å². The molecule has 0 spiro atoms. The highest BCUT2D eigenvalue weighted by Crippen LogP contribution is 2.15. The molecule has 1 heterocycles. The molecule has 0 aromatic rings. The highest BCUT2D eigenvalue weighted by Gasteiger charge is 2.21. The maximum atomic E-state index is 11.7. The van der Waals surface area contributed by atoms with Crippen LogP contribution in [0.1, 0.15) is 33.6 Å². The predicted octanol–water partition coefficient (Wildman–Crippen LogP) is 0.846. The van der Waals surface area contributed by atoms with Gasteiger partial charge < -0.3 is 5.32 Å². The fourth-order valence-corrected chi connectivity index (χ4v) is 1.96. The molecule has 6 heteroatoms. The summed E-state index contributed by atoms with van der Waals surface area (Å²) in [6.07, 6.45) is 1.58. The number of carbonyl (C=O) groups is 2. The van der Waals surface area contributed by atoms with Crippen molar-refractivity contribution in [3.8, 4) is 6.07 Å². The minimum absolute atomic E-state index is 0.100. The fraction of sp³-hybridized carbons (Fsp3) is 0.769. The summed E-state index contributed by atoms with van der Waals surface area (Å²) < 4.78 is 0. The van der Waals surface area contributed by atoms with E-state index >= 15 is 0 Å². The minimum Gasteiger partial charge on any atom is -0.333 e. The van der Waals surface area contributed by atoms with E-state index in [1.54, 1.807) is 0 Å². The van der Waals surface area contributed by atoms with E-state index in [-0.39, 0.29) is 23.9 Å². The van der Waals surface area contributed by atoms with Crippen molar-refractivity contribution in [2.24, 2.45) is 5.92 Å². The fourth-order valence-electron chi connectivity index (χ4n) is 1.96. The number of nitriles is 1. The Balaban J connectivity index is 2.29. The molecule has 0 unspecified atom stereocenters. The molecule has 1 fully saturated rings. The van der Waals surface area contributed by atoms with Crippen molar-refractivity contribution in [2.45, 2.75) is 39.2 Å². The monoisotopic (exact) mass is 266 g/mol. The van der Waals surface area contributed by atoms with Gasteiger partial charge in [-0.1, -0.05) is 0 Å². The van der Waals surface area contributed by atoms with Gasteiger partial charge in [0.05, 0.1) is 12.6 Å². The van der Waals surface area contributed by atoms with Crippen LogP contribution in [-0.4, -0.2) is 42.0 Å². The van der Waals surface area contributed by atoms with Crippen molar-refractivity contribution in [1.82, 2.24) is 15.5 Å². The summed E-state index contributed by atoms with van der Waals surface area (Å²) >= 11 is 0. The Morgan fingerprint density at radius 2 is 1.89 bits per heavy atom. The molecule has 1 rings (SSSR count). The third-order valence-electron chi connectivity index (χ3n) is 2.88. The molecule has 106 valence electrons. The van der Waals surface area contributed by atoms with Crippen LogP contribution < -0.4 is 10.6 Å². The Morgan fingerprint density at radius 3 is 2.37 bits per heavy atom. The van der Waals surface area contributed by atoms with Crippen LogP contribution in [0, 0.1) is 17.2 Å². The summed E-state index contributed by atoms with van der Waals surface area (Å²) in [7, 11) is 0. The summed E-state index contributed by atoms with van der Waals surface area (Å²) in [5.41, 5.74) is -0.366. The Labute approximate surface area is 114 Å². The van der Waals surface area contributed by atoms with Gasteiger partial charge in [0.15, 0.2) is 0 Å². The van der Waals surface area contributed by atoms with Crippen LogP contribution in [0.5, 0.6) is 0 Å². The third kappa shape index (κ3) is 6.20. The zero-order valence-electron chi connectivity index (χ0n) is 11.8. The van der Waals surface area contributed by atoms with Crippen LogP contribution in [0.4, 0.5) is 4.79 Å². The first-order valence-corrected chi connectivity index (χ1v) is 6.54. The molecule has 0 radical (unpaired) electrons. The highest BCUT2D eigenvalue weighted by molar-refractivity contribution is 5.95. The molecule has 3 amide bonds. The number of carbonyl (C=O) groups excluding carboxylic acids is 2. The molecule has 0 aromatic carbocycles. The molecule has 0 saturated carbocycles. The minimum atomic E-state index is -0.468. The number of amides is 3. The Morgan fingerprint density at radius 1 is 1.32 bits per heavy atom. The van der Waals surface area contributed by atoms with E-state index in [9.17, 15) is 9.59 Å². The lowest BCUT2D eigenvalue weighted by atomic mass is 9.99. The highest BCUT2D eigenvalue weighted by atomic mass is 16.2. The summed E-state index contributed by atoms with van der Waals surface area (Å²) in [6.45, 7) is 7.21. The summed E-state index contributed by atoms with van der Waals surface area (Å²) in [4.78, 5) is 25.2. The van der Waals surface area contributed by atoms with Gasteiger partial charge in [0.2, 0.25) is 5.91 Å². The normalized spacial score (nSPS) is 17.6. The predicted molar refractivity (Wildman–Crippen MR) is 71.2 cm³/mol. The number of nitrogens with zero attached hydrogens (tertiary/aromatic N) is 2. The number of piperidine rings is 1. The Bertz CT molecular complexity index is 373. The molecule has 6 nitrogen and oxygen atoms in total. The average molecular weight is 266 g/mol. The molecule has 0 aliphatic carbocycles. The Kier molecular flexibility index (Phi) is 5.31. The van der Waals surface area contributed by atoms with Crippen molar-refractivity contribution < 1.29 is 9.59 Å². The molecule has 0 atom stereocenters. The van der Waals surface area contributed by atoms with Crippen LogP contribution in [0.15, 0.2) is 0 Å². The van der Waals surface area contributed by atoms with Gasteiger partial charge in [0.1, 0.15) is 0 Å². The molecule has 1 aliphatic rings. The van der Waals surface area contributed by atoms with Gasteiger partial charge in [0, 0.05) is 11.5 Å². The first-order chi connectivity index (χ1) is 8.80. The Hall–Kier alpha value is -1.61. The van der Waals surface area contributed by atoms with Crippen LogP contribution >= 0.6 is 0 Å². The zero-order chi connectivity index (χ0) is 14.5. The van der Waals surface area contributed by atoms with Crippen molar-refractivity contribution in [3.63, 3.8) is 0 Å². The van der Waals surface area contributed by atoms with Gasteiger partial charge in [-0.25, -0.2) is 4.79 Å². The second-order valence-corrected chi connectivity index (χ2v) is 5.93. The SMILES string of the molecule is CC(C)(C)NC(=O)NC(=O)CN1CCC(C#N)CC1. The van der Waals surface area contributed by atoms with E-state index < -0.39 is 6.03 Å². The van der Waals surface area contributed by atoms with Gasteiger partial charge in [-0.2, -0.15) is 5.26 Å². The molecular formula is C13H22N4O2. The van der Waals surface area contributed by atoms with Crippen molar-refractivity contribution in [3.05, 3.63) is 0 Å². The first kappa shape index (κ1) is 15.4. The largest absolute Gasteiger partial charge is 0.333 e. The lowest BCUT2D eigenvalue weighted by Crippen LogP contribution is -2.50. The standard InChI is InChI=1S/C13H22N4O2/c1-13(2,3)16-12(19)15-11(18)9-17-6-4-10(8-14)5-7-17/h10H,4-7,9H2,1-3H3,(H2,15,16,18,19). The van der Waals surface area contributed by atoms with E-state index in [1.165, 1.54) is 0 Å². The topological polar surface area (TPSA) is 85.2 Å². The summed E-state index contributed by atoms with van der Waals surface area (Å²) in [5, 5.41) is 13.8. The molecule has 0 bridgehead atoms. The van der Waals surface area contributed by atoms with Crippen molar-refractivity contribution >= 4 is 11.9 Å². The molecule has 0 aromatic heterocycles. The average Bonchev–Trinajstić information content (AvgIpc) is 2.27. The quantitative estimate of drug-likeness (QED) is 0.776. The van der Waals surface area contributed by atoms with Gasteiger partial charge >= 0.3 is 6.03 Å². The number of nitrogens with one attached hydrogen (secondary N) is 2. The van der Waals surface area contributed by atoms with Gasteiger partial charge in [0.25, 0.3) is 0 Å². The van der Waals surface area contributed by atoms with Gasteiger partial charge in [-0.3, -0.25) is 15.0 Å². The molecular weight excluding hydrogens is 244 g/mol. The van der Waals surface area contributed by atoms with E-state index in [0.717, 1.165) is 25.9 Å². The summed E-state index contributed by atoms with van der Waals surface area (Å²) in [6, 6.07) is 1.78. The smallest absolute Gasteiger partial charge is 0.321 e. The van der Waals surface area contributed by atoms with E-state index in [2.05, 4.69) is 16.7 Å². The number of hydrogen-bond donors (Lipinski definition) is 2. The van der Waals surface area contributed by atoms with E-state index in [0.29, 0.717) is 0 Å². The van der Waals surface area contributed by atoms with Gasteiger partial charge in [-0.15, -0.1) is 0 Å². The third-order valence-corrected chi connectivity index (χ3v) is 2.88. The van der Waals surface area contributed by atoms with Crippen molar-refractivity contribution in [2.75, 3.05) is 19.6 Å². The number of rotatable bonds is 2. The van der Waals surface area contributed by atoms with Crippen LogP contribution in [0.25, 0.3) is 0 Å². The van der Waals surface area contributed by atoms with Gasteiger partial charge in [-0.05, 0) is 46.7 Å². The first-order valence-electron chi connectivity index (χ1n) is 6.54. The molecule has 1 saturated heterocycles. The maximum Gasteiger partial charge on any atom is 0.321 e. The van der Waals surface area contributed by atoms with Crippen LogP contribution in [0.2, 0.25) is 0 Å². The second kappa shape index (κ2) is 6.53. The maximum absolute atomic E-state index is 11.7.